The van der Waals surface area contributed by atoms with Crippen LogP contribution in [0.15, 0.2) is 84.9 Å². The highest BCUT2D eigenvalue weighted by molar-refractivity contribution is 5.95. The first-order valence-corrected chi connectivity index (χ1v) is 9.13. The lowest BCUT2D eigenvalue weighted by Crippen LogP contribution is -2.02. The Morgan fingerprint density at radius 2 is 1.54 bits per heavy atom. The predicted molar refractivity (Wildman–Crippen MR) is 108 cm³/mol. The van der Waals surface area contributed by atoms with E-state index >= 15 is 0 Å². The minimum atomic E-state index is 0.0823. The standard InChI is InChI=1S/C25H20O/c1-17-11-13-19(14-12-17)24-16-23-22(18-7-3-2-4-8-18)15-20-9-5-6-10-21(20)25(23)26-24/h2-15,24H,16H2,1H3. The lowest BCUT2D eigenvalue weighted by molar-refractivity contribution is 0.241. The van der Waals surface area contributed by atoms with E-state index in [1.54, 1.807) is 0 Å². The molecule has 1 aliphatic rings. The van der Waals surface area contributed by atoms with Gasteiger partial charge in [0.2, 0.25) is 0 Å². The third-order valence-electron chi connectivity index (χ3n) is 5.29. The van der Waals surface area contributed by atoms with Crippen molar-refractivity contribution in [3.05, 3.63) is 102 Å². The normalized spacial score (nSPS) is 15.7. The smallest absolute Gasteiger partial charge is 0.132 e. The molecule has 126 valence electrons. The van der Waals surface area contributed by atoms with Crippen molar-refractivity contribution in [1.82, 2.24) is 0 Å². The summed E-state index contributed by atoms with van der Waals surface area (Å²) in [6, 6.07) is 30.2. The van der Waals surface area contributed by atoms with Gasteiger partial charge < -0.3 is 4.74 Å². The topological polar surface area (TPSA) is 9.23 Å². The fraction of sp³-hybridized carbons (Fsp3) is 0.120. The number of ether oxygens (including phenoxy) is 1. The molecule has 0 N–H and O–H groups in total. The summed E-state index contributed by atoms with van der Waals surface area (Å²) in [6.45, 7) is 2.12. The fourth-order valence-electron chi connectivity index (χ4n) is 3.91. The van der Waals surface area contributed by atoms with Crippen molar-refractivity contribution in [3.8, 4) is 16.9 Å². The molecule has 0 bridgehead atoms. The third-order valence-corrected chi connectivity index (χ3v) is 5.29. The Bertz CT molecular complexity index is 1080. The molecule has 4 aromatic rings. The van der Waals surface area contributed by atoms with Crippen molar-refractivity contribution >= 4 is 10.8 Å². The maximum Gasteiger partial charge on any atom is 0.132 e. The summed E-state index contributed by atoms with van der Waals surface area (Å²) in [5.41, 5.74) is 6.38. The van der Waals surface area contributed by atoms with Gasteiger partial charge in [0.05, 0.1) is 0 Å². The van der Waals surface area contributed by atoms with Crippen LogP contribution in [0.2, 0.25) is 0 Å². The zero-order chi connectivity index (χ0) is 17.5. The van der Waals surface area contributed by atoms with Crippen LogP contribution < -0.4 is 4.74 Å². The molecule has 1 atom stereocenters. The maximum absolute atomic E-state index is 6.51. The van der Waals surface area contributed by atoms with Crippen LogP contribution in [-0.4, -0.2) is 0 Å². The van der Waals surface area contributed by atoms with Gasteiger partial charge in [0.1, 0.15) is 11.9 Å². The molecule has 1 heteroatoms. The minimum absolute atomic E-state index is 0.0823. The quantitative estimate of drug-likeness (QED) is 0.406. The first-order valence-electron chi connectivity index (χ1n) is 9.13. The molecule has 0 amide bonds. The monoisotopic (exact) mass is 336 g/mol. The summed E-state index contributed by atoms with van der Waals surface area (Å²) in [4.78, 5) is 0. The molecule has 0 aliphatic carbocycles. The van der Waals surface area contributed by atoms with Gasteiger partial charge in [0, 0.05) is 17.4 Å². The van der Waals surface area contributed by atoms with Gasteiger partial charge in [0.25, 0.3) is 0 Å². The van der Waals surface area contributed by atoms with Crippen LogP contribution in [-0.2, 0) is 6.42 Å². The van der Waals surface area contributed by atoms with E-state index in [0.717, 1.165) is 12.2 Å². The van der Waals surface area contributed by atoms with E-state index in [0.29, 0.717) is 0 Å². The van der Waals surface area contributed by atoms with Gasteiger partial charge in [-0.2, -0.15) is 0 Å². The Morgan fingerprint density at radius 1 is 0.808 bits per heavy atom. The number of hydrogen-bond donors (Lipinski definition) is 0. The van der Waals surface area contributed by atoms with Gasteiger partial charge in [-0.1, -0.05) is 84.4 Å². The summed E-state index contributed by atoms with van der Waals surface area (Å²) in [5.74, 6) is 1.05. The van der Waals surface area contributed by atoms with Crippen molar-refractivity contribution in [1.29, 1.82) is 0 Å². The molecule has 4 aromatic carbocycles. The van der Waals surface area contributed by atoms with Gasteiger partial charge >= 0.3 is 0 Å². The predicted octanol–water partition coefficient (Wildman–Crippen LogP) is 6.49. The highest BCUT2D eigenvalue weighted by Crippen LogP contribution is 2.46. The van der Waals surface area contributed by atoms with Gasteiger partial charge in [-0.25, -0.2) is 0 Å². The van der Waals surface area contributed by atoms with Crippen molar-refractivity contribution in [2.24, 2.45) is 0 Å². The number of fused-ring (bicyclic) bond motifs is 3. The van der Waals surface area contributed by atoms with Crippen molar-refractivity contribution in [3.63, 3.8) is 0 Å². The molecule has 0 aromatic heterocycles. The van der Waals surface area contributed by atoms with Crippen LogP contribution in [0, 0.1) is 6.92 Å². The van der Waals surface area contributed by atoms with Crippen LogP contribution >= 0.6 is 0 Å². The van der Waals surface area contributed by atoms with E-state index in [1.165, 1.54) is 38.6 Å². The molecule has 5 rings (SSSR count). The Kier molecular flexibility index (Phi) is 3.53. The number of rotatable bonds is 2. The van der Waals surface area contributed by atoms with Crippen molar-refractivity contribution in [2.45, 2.75) is 19.4 Å². The van der Waals surface area contributed by atoms with E-state index in [1.807, 2.05) is 0 Å². The Balaban J connectivity index is 1.68. The van der Waals surface area contributed by atoms with E-state index < -0.39 is 0 Å². The van der Waals surface area contributed by atoms with Crippen LogP contribution in [0.3, 0.4) is 0 Å². The molecule has 1 heterocycles. The second-order valence-corrected chi connectivity index (χ2v) is 7.04. The molecule has 0 saturated heterocycles. The third kappa shape index (κ3) is 2.48. The number of aryl methyl sites for hydroxylation is 1. The first kappa shape index (κ1) is 15.2. The summed E-state index contributed by atoms with van der Waals surface area (Å²) in [6.07, 6.45) is 0.992. The van der Waals surface area contributed by atoms with Gasteiger partial charge in [-0.05, 0) is 35.1 Å². The van der Waals surface area contributed by atoms with Crippen molar-refractivity contribution < 1.29 is 4.74 Å². The lowest BCUT2D eigenvalue weighted by Gasteiger charge is -2.12. The van der Waals surface area contributed by atoms with E-state index in [4.69, 9.17) is 4.74 Å². The fourth-order valence-corrected chi connectivity index (χ4v) is 3.91. The average molecular weight is 336 g/mol. The lowest BCUT2D eigenvalue weighted by atomic mass is 9.92. The van der Waals surface area contributed by atoms with Crippen LogP contribution in [0.25, 0.3) is 21.9 Å². The molecular weight excluding hydrogens is 316 g/mol. The SMILES string of the molecule is Cc1ccc(C2Cc3c(-c4ccccc4)cc4ccccc4c3O2)cc1. The Hall–Kier alpha value is -3.06. The maximum atomic E-state index is 6.51. The molecule has 0 spiro atoms. The van der Waals surface area contributed by atoms with E-state index in [-0.39, 0.29) is 6.10 Å². The van der Waals surface area contributed by atoms with Crippen LogP contribution in [0.4, 0.5) is 0 Å². The molecule has 0 radical (unpaired) electrons. The molecule has 1 aliphatic heterocycles. The molecular formula is C25H20O. The van der Waals surface area contributed by atoms with Gasteiger partial charge in [0.15, 0.2) is 0 Å². The largest absolute Gasteiger partial charge is 0.484 e. The average Bonchev–Trinajstić information content (AvgIpc) is 3.14. The summed E-state index contributed by atoms with van der Waals surface area (Å²) in [7, 11) is 0. The Morgan fingerprint density at radius 3 is 2.35 bits per heavy atom. The van der Waals surface area contributed by atoms with Gasteiger partial charge in [-0.15, -0.1) is 0 Å². The number of hydrogen-bond acceptors (Lipinski definition) is 1. The van der Waals surface area contributed by atoms with E-state index in [2.05, 4.69) is 91.9 Å². The zero-order valence-electron chi connectivity index (χ0n) is 14.8. The van der Waals surface area contributed by atoms with Crippen LogP contribution in [0.1, 0.15) is 22.8 Å². The molecule has 26 heavy (non-hydrogen) atoms. The summed E-state index contributed by atoms with van der Waals surface area (Å²) >= 11 is 0. The zero-order valence-corrected chi connectivity index (χ0v) is 14.8. The first-order chi connectivity index (χ1) is 12.8. The molecule has 1 nitrogen and oxygen atoms in total. The molecule has 1 unspecified atom stereocenters. The highest BCUT2D eigenvalue weighted by atomic mass is 16.5. The van der Waals surface area contributed by atoms with E-state index in [9.17, 15) is 0 Å². The second kappa shape index (κ2) is 6.03. The molecule has 0 fully saturated rings. The van der Waals surface area contributed by atoms with Gasteiger partial charge in [-0.3, -0.25) is 0 Å². The summed E-state index contributed by atoms with van der Waals surface area (Å²) < 4.78 is 6.51. The molecule has 0 saturated carbocycles. The number of benzene rings is 4. The minimum Gasteiger partial charge on any atom is -0.484 e. The second-order valence-electron chi connectivity index (χ2n) is 7.04. The highest BCUT2D eigenvalue weighted by Gasteiger charge is 2.29. The van der Waals surface area contributed by atoms with Crippen LogP contribution in [0.5, 0.6) is 5.75 Å². The van der Waals surface area contributed by atoms with Crippen molar-refractivity contribution in [2.75, 3.05) is 0 Å². The summed E-state index contributed by atoms with van der Waals surface area (Å²) in [5, 5.41) is 2.44. The Labute approximate surface area is 153 Å².